The monoisotopic (exact) mass is 285 g/mol. The van der Waals surface area contributed by atoms with Gasteiger partial charge in [0.1, 0.15) is 5.56 Å². The average Bonchev–Trinajstić information content (AvgIpc) is 2.95. The van der Waals surface area contributed by atoms with E-state index in [-0.39, 0.29) is 11.4 Å². The molecule has 2 aromatic heterocycles. The molecule has 0 unspecified atom stereocenters. The number of carbonyl (C=O) groups is 1. The van der Waals surface area contributed by atoms with Crippen LogP contribution in [0.25, 0.3) is 16.7 Å². The van der Waals surface area contributed by atoms with E-state index in [1.807, 2.05) is 0 Å². The number of carboxylic acid groups (broad SMARTS) is 1. The second-order valence-electron chi connectivity index (χ2n) is 4.10. The molecule has 1 aromatic carbocycles. The first-order valence-electron chi connectivity index (χ1n) is 5.76. The van der Waals surface area contributed by atoms with E-state index in [4.69, 9.17) is 0 Å². The second kappa shape index (κ2) is 4.63. The Labute approximate surface area is 116 Å². The molecule has 0 saturated heterocycles. The summed E-state index contributed by atoms with van der Waals surface area (Å²) >= 11 is 0. The fourth-order valence-electron chi connectivity index (χ4n) is 1.88. The van der Waals surface area contributed by atoms with Crippen LogP contribution in [0.2, 0.25) is 0 Å². The van der Waals surface area contributed by atoms with Crippen LogP contribution in [-0.4, -0.2) is 35.7 Å². The van der Waals surface area contributed by atoms with Gasteiger partial charge in [0.2, 0.25) is 6.33 Å². The fourth-order valence-corrected chi connectivity index (χ4v) is 1.88. The number of fused-ring (bicyclic) bond motifs is 1. The van der Waals surface area contributed by atoms with Crippen molar-refractivity contribution in [3.63, 3.8) is 0 Å². The van der Waals surface area contributed by atoms with E-state index in [0.29, 0.717) is 10.9 Å². The van der Waals surface area contributed by atoms with Gasteiger partial charge >= 0.3 is 11.9 Å². The molecule has 0 radical (unpaired) electrons. The Morgan fingerprint density at radius 1 is 1.33 bits per heavy atom. The molecule has 0 aliphatic carbocycles. The van der Waals surface area contributed by atoms with Gasteiger partial charge < -0.3 is 15.2 Å². The third-order valence-corrected chi connectivity index (χ3v) is 2.79. The van der Waals surface area contributed by atoms with Gasteiger partial charge in [0.05, 0.1) is 5.52 Å². The molecule has 3 aromatic rings. The van der Waals surface area contributed by atoms with Crippen LogP contribution in [0.15, 0.2) is 36.7 Å². The second-order valence-corrected chi connectivity index (χ2v) is 4.10. The van der Waals surface area contributed by atoms with Crippen molar-refractivity contribution in [1.29, 1.82) is 0 Å². The summed E-state index contributed by atoms with van der Waals surface area (Å²) in [5, 5.41) is 24.1. The minimum atomic E-state index is -1.21. The Morgan fingerprint density at radius 2 is 2.10 bits per heavy atom. The summed E-state index contributed by atoms with van der Waals surface area (Å²) in [5.41, 5.74) is 0.434. The lowest BCUT2D eigenvalue weighted by Crippen LogP contribution is -2.09. The Hall–Kier alpha value is -3.36. The number of para-hydroxylation sites is 1. The van der Waals surface area contributed by atoms with Gasteiger partial charge in [0, 0.05) is 10.5 Å². The first-order chi connectivity index (χ1) is 10.1. The van der Waals surface area contributed by atoms with Crippen molar-refractivity contribution in [2.24, 2.45) is 0 Å². The zero-order chi connectivity index (χ0) is 15.0. The molecule has 2 heterocycles. The van der Waals surface area contributed by atoms with Gasteiger partial charge in [-0.15, -0.1) is 4.68 Å². The summed E-state index contributed by atoms with van der Waals surface area (Å²) in [4.78, 5) is 28.9. The summed E-state index contributed by atoms with van der Waals surface area (Å²) in [6, 6.07) is 8.38. The minimum Gasteiger partial charge on any atom is -0.478 e. The largest absolute Gasteiger partial charge is 0.491 e. The van der Waals surface area contributed by atoms with Crippen LogP contribution in [0, 0.1) is 10.1 Å². The lowest BCUT2D eigenvalue weighted by molar-refractivity contribution is -0.394. The van der Waals surface area contributed by atoms with E-state index in [9.17, 15) is 20.0 Å². The van der Waals surface area contributed by atoms with Gasteiger partial charge in [0.15, 0.2) is 5.82 Å². The zero-order valence-electron chi connectivity index (χ0n) is 10.4. The molecule has 0 bridgehead atoms. The molecule has 104 valence electrons. The van der Waals surface area contributed by atoms with Gasteiger partial charge in [-0.1, -0.05) is 23.2 Å². The molecular formula is C12H7N5O4. The van der Waals surface area contributed by atoms with Crippen molar-refractivity contribution in [3.8, 4) is 5.82 Å². The van der Waals surface area contributed by atoms with Crippen LogP contribution in [0.5, 0.6) is 0 Å². The van der Waals surface area contributed by atoms with Crippen molar-refractivity contribution in [1.82, 2.24) is 19.7 Å². The molecule has 0 aliphatic rings. The highest BCUT2D eigenvalue weighted by atomic mass is 16.6. The molecule has 0 fully saturated rings. The highest BCUT2D eigenvalue weighted by molar-refractivity contribution is 5.96. The highest BCUT2D eigenvalue weighted by Crippen LogP contribution is 2.20. The molecule has 3 rings (SSSR count). The average molecular weight is 285 g/mol. The first kappa shape index (κ1) is 12.7. The molecule has 21 heavy (non-hydrogen) atoms. The standard InChI is InChI=1S/C12H7N5O4/c18-11(19)8-5-7-3-1-2-4-9(7)14-10(8)16-6-13-12(15-16)17(20)21/h1-6H,(H,18,19). The van der Waals surface area contributed by atoms with Crippen LogP contribution in [-0.2, 0) is 0 Å². The smallest absolute Gasteiger partial charge is 0.478 e. The summed E-state index contributed by atoms with van der Waals surface area (Å²) in [6.45, 7) is 0. The molecule has 9 nitrogen and oxygen atoms in total. The van der Waals surface area contributed by atoms with E-state index in [1.54, 1.807) is 24.3 Å². The number of aromatic carboxylic acids is 1. The number of hydrogen-bond donors (Lipinski definition) is 1. The first-order valence-corrected chi connectivity index (χ1v) is 5.76. The summed E-state index contributed by atoms with van der Waals surface area (Å²) in [6.07, 6.45) is 1.06. The van der Waals surface area contributed by atoms with Crippen molar-refractivity contribution in [2.75, 3.05) is 0 Å². The minimum absolute atomic E-state index is 0.0261. The van der Waals surface area contributed by atoms with Gasteiger partial charge in [-0.3, -0.25) is 0 Å². The number of nitrogens with zero attached hydrogens (tertiary/aromatic N) is 5. The topological polar surface area (TPSA) is 124 Å². The summed E-state index contributed by atoms with van der Waals surface area (Å²) in [7, 11) is 0. The molecule has 1 N–H and O–H groups in total. The predicted octanol–water partition coefficient (Wildman–Crippen LogP) is 1.42. The molecule has 9 heteroatoms. The lowest BCUT2D eigenvalue weighted by atomic mass is 10.1. The van der Waals surface area contributed by atoms with Crippen LogP contribution in [0.1, 0.15) is 10.4 Å². The molecule has 0 spiro atoms. The number of aromatic nitrogens is 4. The number of rotatable bonds is 3. The van der Waals surface area contributed by atoms with Crippen molar-refractivity contribution in [3.05, 3.63) is 52.3 Å². The maximum atomic E-state index is 11.3. The number of hydrogen-bond acceptors (Lipinski definition) is 6. The SMILES string of the molecule is O=C(O)c1cc2ccccc2nc1-n1cnc([N+](=O)[O-])n1. The van der Waals surface area contributed by atoms with Gasteiger partial charge in [-0.25, -0.2) is 9.78 Å². The van der Waals surface area contributed by atoms with Crippen LogP contribution < -0.4 is 0 Å². The lowest BCUT2D eigenvalue weighted by Gasteiger charge is -2.04. The fraction of sp³-hybridized carbons (Fsp3) is 0. The van der Waals surface area contributed by atoms with Crippen molar-refractivity contribution >= 4 is 22.8 Å². The summed E-state index contributed by atoms with van der Waals surface area (Å²) in [5.74, 6) is -1.86. The van der Waals surface area contributed by atoms with Gasteiger partial charge in [-0.05, 0) is 17.1 Å². The van der Waals surface area contributed by atoms with Crippen LogP contribution >= 0.6 is 0 Å². The van der Waals surface area contributed by atoms with E-state index in [0.717, 1.165) is 11.0 Å². The molecule has 0 aliphatic heterocycles. The highest BCUT2D eigenvalue weighted by Gasteiger charge is 2.21. The summed E-state index contributed by atoms with van der Waals surface area (Å²) < 4.78 is 0.980. The number of carboxylic acids is 1. The Morgan fingerprint density at radius 3 is 2.76 bits per heavy atom. The van der Waals surface area contributed by atoms with Crippen LogP contribution in [0.4, 0.5) is 5.95 Å². The molecule has 0 saturated carbocycles. The predicted molar refractivity (Wildman–Crippen MR) is 70.3 cm³/mol. The van der Waals surface area contributed by atoms with Crippen LogP contribution in [0.3, 0.4) is 0 Å². The van der Waals surface area contributed by atoms with Crippen molar-refractivity contribution in [2.45, 2.75) is 0 Å². The molecule has 0 atom stereocenters. The third-order valence-electron chi connectivity index (χ3n) is 2.79. The third kappa shape index (κ3) is 2.16. The molecular weight excluding hydrogens is 278 g/mol. The normalized spacial score (nSPS) is 10.7. The van der Waals surface area contributed by atoms with E-state index in [1.165, 1.54) is 6.07 Å². The maximum Gasteiger partial charge on any atom is 0.491 e. The molecule has 0 amide bonds. The van der Waals surface area contributed by atoms with E-state index in [2.05, 4.69) is 15.1 Å². The Balaban J connectivity index is 2.25. The van der Waals surface area contributed by atoms with Gasteiger partial charge in [0.25, 0.3) is 0 Å². The van der Waals surface area contributed by atoms with E-state index >= 15 is 0 Å². The Bertz CT molecular complexity index is 873. The number of benzene rings is 1. The van der Waals surface area contributed by atoms with Gasteiger partial charge in [-0.2, -0.15) is 0 Å². The number of pyridine rings is 1. The zero-order valence-corrected chi connectivity index (χ0v) is 10.4. The van der Waals surface area contributed by atoms with E-state index < -0.39 is 16.8 Å². The Kier molecular flexibility index (Phi) is 2.79. The van der Waals surface area contributed by atoms with Crippen molar-refractivity contribution < 1.29 is 14.8 Å². The quantitative estimate of drug-likeness (QED) is 0.570. The number of nitro groups is 1. The maximum absolute atomic E-state index is 11.3.